The lowest BCUT2D eigenvalue weighted by atomic mass is 9.49. The first-order valence-electron chi connectivity index (χ1n) is 6.13. The Morgan fingerprint density at radius 3 is 2.53 bits per heavy atom. The summed E-state index contributed by atoms with van der Waals surface area (Å²) in [6, 6.07) is 0. The number of carbonyl (C=O) groups is 1. The molecule has 2 nitrogen and oxygen atoms in total. The van der Waals surface area contributed by atoms with Crippen molar-refractivity contribution in [2.45, 2.75) is 46.5 Å². The molecule has 15 heavy (non-hydrogen) atoms. The van der Waals surface area contributed by atoms with Crippen LogP contribution in [0.1, 0.15) is 46.5 Å². The highest BCUT2D eigenvalue weighted by molar-refractivity contribution is 5.67. The molecule has 3 fully saturated rings. The molecule has 3 saturated carbocycles. The van der Waals surface area contributed by atoms with Gasteiger partial charge in [-0.2, -0.15) is 0 Å². The molecule has 4 atom stereocenters. The van der Waals surface area contributed by atoms with Gasteiger partial charge < -0.3 is 5.11 Å². The van der Waals surface area contributed by atoms with Gasteiger partial charge in [0, 0.05) is 6.42 Å². The van der Waals surface area contributed by atoms with Gasteiger partial charge in [-0.3, -0.25) is 4.79 Å². The molecular weight excluding hydrogens is 188 g/mol. The van der Waals surface area contributed by atoms with Crippen LogP contribution in [-0.4, -0.2) is 11.1 Å². The van der Waals surface area contributed by atoms with Crippen molar-refractivity contribution in [3.63, 3.8) is 0 Å². The zero-order valence-corrected chi connectivity index (χ0v) is 9.99. The molecule has 86 valence electrons. The largest absolute Gasteiger partial charge is 0.481 e. The molecule has 3 aliphatic rings. The number of carboxylic acids is 1. The zero-order chi connectivity index (χ0) is 11.2. The maximum atomic E-state index is 10.9. The van der Waals surface area contributed by atoms with E-state index in [1.54, 1.807) is 0 Å². The van der Waals surface area contributed by atoms with Crippen molar-refractivity contribution in [1.82, 2.24) is 0 Å². The van der Waals surface area contributed by atoms with Crippen molar-refractivity contribution < 1.29 is 9.90 Å². The van der Waals surface area contributed by atoms with Gasteiger partial charge in [0.1, 0.15) is 0 Å². The summed E-state index contributed by atoms with van der Waals surface area (Å²) >= 11 is 0. The third-order valence-corrected chi connectivity index (χ3v) is 4.97. The van der Waals surface area contributed by atoms with Crippen molar-refractivity contribution in [3.05, 3.63) is 0 Å². The number of aliphatic carboxylic acids is 1. The number of hydrogen-bond donors (Lipinski definition) is 1. The van der Waals surface area contributed by atoms with Crippen molar-refractivity contribution in [2.75, 3.05) is 0 Å². The van der Waals surface area contributed by atoms with Gasteiger partial charge in [-0.15, -0.1) is 0 Å². The fraction of sp³-hybridized carbons (Fsp3) is 0.923. The van der Waals surface area contributed by atoms with Crippen LogP contribution in [0.5, 0.6) is 0 Å². The number of rotatable bonds is 2. The van der Waals surface area contributed by atoms with Crippen LogP contribution < -0.4 is 0 Å². The molecule has 3 aliphatic carbocycles. The summed E-state index contributed by atoms with van der Waals surface area (Å²) in [4.78, 5) is 10.9. The Morgan fingerprint density at radius 2 is 2.07 bits per heavy atom. The van der Waals surface area contributed by atoms with Crippen molar-refractivity contribution >= 4 is 5.97 Å². The molecule has 0 aromatic heterocycles. The Bertz CT molecular complexity index is 268. The van der Waals surface area contributed by atoms with Gasteiger partial charge in [0.05, 0.1) is 0 Å². The predicted octanol–water partition coefficient (Wildman–Crippen LogP) is 3.17. The van der Waals surface area contributed by atoms with Gasteiger partial charge >= 0.3 is 5.97 Å². The van der Waals surface area contributed by atoms with Crippen molar-refractivity contribution in [2.24, 2.45) is 29.1 Å². The van der Waals surface area contributed by atoms with Crippen LogP contribution >= 0.6 is 0 Å². The number of fused-ring (bicyclic) bond motifs is 3. The van der Waals surface area contributed by atoms with Crippen LogP contribution in [-0.2, 0) is 4.79 Å². The molecule has 4 unspecified atom stereocenters. The first-order valence-corrected chi connectivity index (χ1v) is 6.13. The van der Waals surface area contributed by atoms with Crippen LogP contribution in [0.15, 0.2) is 0 Å². The van der Waals surface area contributed by atoms with E-state index in [1.165, 1.54) is 19.3 Å². The summed E-state index contributed by atoms with van der Waals surface area (Å²) in [6.45, 7) is 6.99. The van der Waals surface area contributed by atoms with Gasteiger partial charge in [-0.25, -0.2) is 0 Å². The molecule has 0 spiro atoms. The normalized spacial score (nSPS) is 42.9. The van der Waals surface area contributed by atoms with E-state index in [-0.39, 0.29) is 0 Å². The highest BCUT2D eigenvalue weighted by Gasteiger charge is 2.50. The monoisotopic (exact) mass is 210 g/mol. The summed E-state index contributed by atoms with van der Waals surface area (Å²) in [5.74, 6) is 1.83. The maximum Gasteiger partial charge on any atom is 0.303 e. The van der Waals surface area contributed by atoms with Gasteiger partial charge in [-0.1, -0.05) is 20.8 Å². The second kappa shape index (κ2) is 3.50. The third-order valence-electron chi connectivity index (χ3n) is 4.97. The standard InChI is InChI=1S/C13H22O2/c1-8-10(6-12(14)15)9-4-5-11(8)13(2,3)7-9/h8-11H,4-7H2,1-3H3,(H,14,15). The molecule has 0 amide bonds. The Kier molecular flexibility index (Phi) is 2.56. The Balaban J connectivity index is 2.15. The average Bonchev–Trinajstić information content (AvgIpc) is 2.09. The van der Waals surface area contributed by atoms with Crippen molar-refractivity contribution in [3.8, 4) is 0 Å². The van der Waals surface area contributed by atoms with E-state index in [0.717, 1.165) is 5.92 Å². The van der Waals surface area contributed by atoms with Gasteiger partial charge in [-0.05, 0) is 48.3 Å². The Morgan fingerprint density at radius 1 is 1.40 bits per heavy atom. The minimum Gasteiger partial charge on any atom is -0.481 e. The molecule has 0 radical (unpaired) electrons. The summed E-state index contributed by atoms with van der Waals surface area (Å²) in [5.41, 5.74) is 0.442. The molecule has 0 heterocycles. The van der Waals surface area contributed by atoms with E-state index < -0.39 is 5.97 Å². The van der Waals surface area contributed by atoms with E-state index in [1.807, 2.05) is 0 Å². The first kappa shape index (κ1) is 11.0. The molecule has 0 saturated heterocycles. The minimum absolute atomic E-state index is 0.387. The smallest absolute Gasteiger partial charge is 0.303 e. The van der Waals surface area contributed by atoms with E-state index in [4.69, 9.17) is 5.11 Å². The maximum absolute atomic E-state index is 10.9. The molecule has 0 aromatic rings. The Hall–Kier alpha value is -0.530. The highest BCUT2D eigenvalue weighted by Crippen LogP contribution is 2.58. The highest BCUT2D eigenvalue weighted by atomic mass is 16.4. The van der Waals surface area contributed by atoms with Gasteiger partial charge in [0.2, 0.25) is 0 Å². The molecule has 0 aliphatic heterocycles. The van der Waals surface area contributed by atoms with E-state index in [2.05, 4.69) is 20.8 Å². The molecule has 2 bridgehead atoms. The first-order chi connectivity index (χ1) is 6.92. The lowest BCUT2D eigenvalue weighted by Crippen LogP contribution is -2.48. The zero-order valence-electron chi connectivity index (χ0n) is 9.99. The summed E-state index contributed by atoms with van der Waals surface area (Å²) in [6.07, 6.45) is 4.20. The Labute approximate surface area is 92.1 Å². The summed E-state index contributed by atoms with van der Waals surface area (Å²) in [5, 5.41) is 8.94. The fourth-order valence-electron chi connectivity index (χ4n) is 4.34. The van der Waals surface area contributed by atoms with E-state index >= 15 is 0 Å². The van der Waals surface area contributed by atoms with Crippen LogP contribution in [0.3, 0.4) is 0 Å². The van der Waals surface area contributed by atoms with E-state index in [9.17, 15) is 4.79 Å². The van der Waals surface area contributed by atoms with Gasteiger partial charge in [0.25, 0.3) is 0 Å². The second-order valence-electron chi connectivity index (χ2n) is 6.26. The molecule has 3 rings (SSSR count). The summed E-state index contributed by atoms with van der Waals surface area (Å²) in [7, 11) is 0. The average molecular weight is 210 g/mol. The van der Waals surface area contributed by atoms with Crippen LogP contribution in [0.25, 0.3) is 0 Å². The molecule has 1 N–H and O–H groups in total. The lowest BCUT2D eigenvalue weighted by molar-refractivity contribution is -0.143. The third kappa shape index (κ3) is 1.79. The van der Waals surface area contributed by atoms with Gasteiger partial charge in [0.15, 0.2) is 0 Å². The molecular formula is C13H22O2. The van der Waals surface area contributed by atoms with Crippen LogP contribution in [0.4, 0.5) is 0 Å². The predicted molar refractivity (Wildman–Crippen MR) is 59.5 cm³/mol. The lowest BCUT2D eigenvalue weighted by Gasteiger charge is -2.56. The quantitative estimate of drug-likeness (QED) is 0.760. The SMILES string of the molecule is CC1C(CC(=O)O)C2CCC1C(C)(C)C2. The molecule has 2 heteroatoms. The number of hydrogen-bond acceptors (Lipinski definition) is 1. The minimum atomic E-state index is -0.614. The number of carboxylic acid groups (broad SMARTS) is 1. The fourth-order valence-corrected chi connectivity index (χ4v) is 4.34. The van der Waals surface area contributed by atoms with E-state index in [0.29, 0.717) is 29.6 Å². The summed E-state index contributed by atoms with van der Waals surface area (Å²) < 4.78 is 0. The second-order valence-corrected chi connectivity index (χ2v) is 6.26. The van der Waals surface area contributed by atoms with Crippen LogP contribution in [0.2, 0.25) is 0 Å². The van der Waals surface area contributed by atoms with Crippen molar-refractivity contribution in [1.29, 1.82) is 0 Å². The van der Waals surface area contributed by atoms with Crippen LogP contribution in [0, 0.1) is 29.1 Å². The topological polar surface area (TPSA) is 37.3 Å². The molecule has 0 aromatic carbocycles.